The SMILES string of the molecule is Oc1ccc(Br)cc1CNc1cccc[nH+]1. The Morgan fingerprint density at radius 1 is 1.25 bits per heavy atom. The fraction of sp³-hybridized carbons (Fsp3) is 0.0833. The van der Waals surface area contributed by atoms with Crippen LogP contribution < -0.4 is 10.3 Å². The minimum atomic E-state index is 0.298. The van der Waals surface area contributed by atoms with Gasteiger partial charge in [0.1, 0.15) is 12.3 Å². The summed E-state index contributed by atoms with van der Waals surface area (Å²) in [7, 11) is 0. The maximum atomic E-state index is 9.64. The number of aromatic nitrogens is 1. The summed E-state index contributed by atoms with van der Waals surface area (Å²) < 4.78 is 0.958. The zero-order valence-electron chi connectivity index (χ0n) is 8.57. The number of pyridine rings is 1. The summed E-state index contributed by atoms with van der Waals surface area (Å²) in [5.41, 5.74) is 0.853. The minimum absolute atomic E-state index is 0.298. The van der Waals surface area contributed by atoms with Crippen molar-refractivity contribution in [2.45, 2.75) is 6.54 Å². The Hall–Kier alpha value is -1.55. The van der Waals surface area contributed by atoms with E-state index < -0.39 is 0 Å². The molecule has 0 amide bonds. The predicted octanol–water partition coefficient (Wildman–Crippen LogP) is 2.58. The highest BCUT2D eigenvalue weighted by molar-refractivity contribution is 9.10. The van der Waals surface area contributed by atoms with Crippen molar-refractivity contribution in [1.82, 2.24) is 0 Å². The van der Waals surface area contributed by atoms with E-state index in [1.165, 1.54) is 0 Å². The Labute approximate surface area is 102 Å². The summed E-state index contributed by atoms with van der Waals surface area (Å²) in [6.45, 7) is 0.575. The van der Waals surface area contributed by atoms with Gasteiger partial charge in [0.05, 0.1) is 6.20 Å². The van der Waals surface area contributed by atoms with E-state index in [2.05, 4.69) is 26.2 Å². The molecule has 4 heteroatoms. The number of halogens is 1. The van der Waals surface area contributed by atoms with E-state index in [1.54, 1.807) is 6.07 Å². The molecule has 0 saturated carbocycles. The van der Waals surface area contributed by atoms with E-state index in [9.17, 15) is 5.11 Å². The average molecular weight is 280 g/mol. The van der Waals surface area contributed by atoms with Gasteiger partial charge in [-0.2, -0.15) is 0 Å². The first-order valence-corrected chi connectivity index (χ1v) is 5.73. The summed E-state index contributed by atoms with van der Waals surface area (Å²) in [5.74, 6) is 1.22. The van der Waals surface area contributed by atoms with Crippen LogP contribution in [0.4, 0.5) is 5.82 Å². The number of aromatic hydroxyl groups is 1. The van der Waals surface area contributed by atoms with Gasteiger partial charge in [-0.25, -0.2) is 4.98 Å². The molecule has 0 spiro atoms. The first-order chi connectivity index (χ1) is 7.75. The molecule has 3 nitrogen and oxygen atoms in total. The maximum absolute atomic E-state index is 9.64. The van der Waals surface area contributed by atoms with Crippen molar-refractivity contribution in [1.29, 1.82) is 0 Å². The number of phenolic OH excluding ortho intramolecular Hbond substituents is 1. The van der Waals surface area contributed by atoms with Crippen molar-refractivity contribution < 1.29 is 10.1 Å². The minimum Gasteiger partial charge on any atom is -0.508 e. The molecule has 0 unspecified atom stereocenters. The van der Waals surface area contributed by atoms with Crippen molar-refractivity contribution in [3.05, 3.63) is 52.6 Å². The molecule has 1 aromatic heterocycles. The Bertz CT molecular complexity index is 474. The number of benzene rings is 1. The molecule has 0 atom stereocenters. The standard InChI is InChI=1S/C12H11BrN2O/c13-10-4-5-11(16)9(7-10)8-15-12-3-1-2-6-14-12/h1-7,16H,8H2,(H,14,15)/p+1. The van der Waals surface area contributed by atoms with Gasteiger partial charge in [-0.05, 0) is 24.3 Å². The van der Waals surface area contributed by atoms with Crippen LogP contribution in [0.3, 0.4) is 0 Å². The van der Waals surface area contributed by atoms with Gasteiger partial charge in [-0.1, -0.05) is 22.0 Å². The van der Waals surface area contributed by atoms with Crippen molar-refractivity contribution in [3.63, 3.8) is 0 Å². The summed E-state index contributed by atoms with van der Waals surface area (Å²) in [6.07, 6.45) is 1.85. The average Bonchev–Trinajstić information content (AvgIpc) is 2.32. The zero-order chi connectivity index (χ0) is 11.4. The van der Waals surface area contributed by atoms with Gasteiger partial charge in [0.15, 0.2) is 0 Å². The van der Waals surface area contributed by atoms with Crippen LogP contribution in [0.2, 0.25) is 0 Å². The van der Waals surface area contributed by atoms with Crippen LogP contribution in [0.1, 0.15) is 5.56 Å². The van der Waals surface area contributed by atoms with Gasteiger partial charge in [-0.15, -0.1) is 0 Å². The maximum Gasteiger partial charge on any atom is 0.272 e. The normalized spacial score (nSPS) is 10.1. The highest BCUT2D eigenvalue weighted by atomic mass is 79.9. The molecule has 2 aromatic rings. The first kappa shape index (κ1) is 11.0. The highest BCUT2D eigenvalue weighted by Gasteiger charge is 2.05. The van der Waals surface area contributed by atoms with E-state index in [-0.39, 0.29) is 0 Å². The number of aromatic amines is 1. The van der Waals surface area contributed by atoms with Crippen LogP contribution in [-0.4, -0.2) is 5.11 Å². The third kappa shape index (κ3) is 2.73. The molecule has 0 fully saturated rings. The summed E-state index contributed by atoms with van der Waals surface area (Å²) in [4.78, 5) is 3.07. The second kappa shape index (κ2) is 4.99. The summed E-state index contributed by atoms with van der Waals surface area (Å²) >= 11 is 3.38. The third-order valence-corrected chi connectivity index (χ3v) is 2.71. The van der Waals surface area contributed by atoms with Crippen molar-refractivity contribution in [2.75, 3.05) is 5.32 Å². The largest absolute Gasteiger partial charge is 0.508 e. The lowest BCUT2D eigenvalue weighted by molar-refractivity contribution is -0.361. The molecule has 1 aromatic carbocycles. The topological polar surface area (TPSA) is 46.4 Å². The molecule has 0 aliphatic carbocycles. The van der Waals surface area contributed by atoms with Gasteiger partial charge < -0.3 is 5.11 Å². The van der Waals surface area contributed by atoms with Gasteiger partial charge >= 0.3 is 0 Å². The van der Waals surface area contributed by atoms with Gasteiger partial charge in [0, 0.05) is 16.1 Å². The van der Waals surface area contributed by atoms with E-state index in [0.29, 0.717) is 12.3 Å². The highest BCUT2D eigenvalue weighted by Crippen LogP contribution is 2.22. The molecule has 82 valence electrons. The Morgan fingerprint density at radius 2 is 2.12 bits per heavy atom. The number of anilines is 1. The molecule has 1 heterocycles. The van der Waals surface area contributed by atoms with E-state index in [0.717, 1.165) is 15.9 Å². The smallest absolute Gasteiger partial charge is 0.272 e. The van der Waals surface area contributed by atoms with Crippen LogP contribution in [0.5, 0.6) is 5.75 Å². The summed E-state index contributed by atoms with van der Waals surface area (Å²) in [6, 6.07) is 11.2. The summed E-state index contributed by atoms with van der Waals surface area (Å²) in [5, 5.41) is 12.8. The number of hydrogen-bond acceptors (Lipinski definition) is 2. The second-order valence-electron chi connectivity index (χ2n) is 3.40. The van der Waals surface area contributed by atoms with Crippen molar-refractivity contribution in [3.8, 4) is 5.75 Å². The molecule has 2 rings (SSSR count). The molecule has 0 aliphatic rings. The molecular formula is C12H12BrN2O+. The predicted molar refractivity (Wildman–Crippen MR) is 66.1 cm³/mol. The monoisotopic (exact) mass is 279 g/mol. The molecule has 0 saturated heterocycles. The van der Waals surface area contributed by atoms with Gasteiger partial charge in [0.2, 0.25) is 0 Å². The van der Waals surface area contributed by atoms with Crippen LogP contribution in [-0.2, 0) is 6.54 Å². The number of phenols is 1. The molecule has 3 N–H and O–H groups in total. The molecule has 0 aliphatic heterocycles. The lowest BCUT2D eigenvalue weighted by Crippen LogP contribution is -2.11. The fourth-order valence-corrected chi connectivity index (χ4v) is 1.80. The lowest BCUT2D eigenvalue weighted by Gasteiger charge is -2.03. The third-order valence-electron chi connectivity index (χ3n) is 2.22. The van der Waals surface area contributed by atoms with E-state index in [4.69, 9.17) is 0 Å². The quantitative estimate of drug-likeness (QED) is 0.907. The van der Waals surface area contributed by atoms with Crippen LogP contribution in [0.25, 0.3) is 0 Å². The van der Waals surface area contributed by atoms with Crippen LogP contribution in [0.15, 0.2) is 47.1 Å². The number of H-pyrrole nitrogens is 1. The number of nitrogens with one attached hydrogen (secondary N) is 2. The Morgan fingerprint density at radius 3 is 2.88 bits per heavy atom. The van der Waals surface area contributed by atoms with Gasteiger partial charge in [-0.3, -0.25) is 5.32 Å². The Balaban J connectivity index is 2.08. The fourth-order valence-electron chi connectivity index (χ4n) is 1.39. The van der Waals surface area contributed by atoms with E-state index >= 15 is 0 Å². The molecule has 0 bridgehead atoms. The van der Waals surface area contributed by atoms with Crippen molar-refractivity contribution >= 4 is 21.7 Å². The van der Waals surface area contributed by atoms with E-state index in [1.807, 2.05) is 36.5 Å². The number of rotatable bonds is 3. The van der Waals surface area contributed by atoms with Crippen LogP contribution in [0, 0.1) is 0 Å². The molecule has 0 radical (unpaired) electrons. The first-order valence-electron chi connectivity index (χ1n) is 4.94. The van der Waals surface area contributed by atoms with Crippen LogP contribution >= 0.6 is 15.9 Å². The zero-order valence-corrected chi connectivity index (χ0v) is 10.2. The molecular weight excluding hydrogens is 268 g/mol. The molecule has 16 heavy (non-hydrogen) atoms. The number of hydrogen-bond donors (Lipinski definition) is 2. The second-order valence-corrected chi connectivity index (χ2v) is 4.32. The van der Waals surface area contributed by atoms with Gasteiger partial charge in [0.25, 0.3) is 5.82 Å². The lowest BCUT2D eigenvalue weighted by atomic mass is 10.2. The Kier molecular flexibility index (Phi) is 3.41. The van der Waals surface area contributed by atoms with Crippen molar-refractivity contribution in [2.24, 2.45) is 0 Å².